The predicted molar refractivity (Wildman–Crippen MR) is 80.7 cm³/mol. The number of fused-ring (bicyclic) bond motifs is 1. The Morgan fingerprint density at radius 3 is 2.86 bits per heavy atom. The molecule has 2 aromatic rings. The van der Waals surface area contributed by atoms with E-state index < -0.39 is 0 Å². The van der Waals surface area contributed by atoms with Crippen molar-refractivity contribution in [1.82, 2.24) is 10.2 Å². The fraction of sp³-hybridized carbons (Fsp3) is 0.250. The van der Waals surface area contributed by atoms with Gasteiger partial charge in [0.05, 0.1) is 11.7 Å². The van der Waals surface area contributed by atoms with Gasteiger partial charge < -0.3 is 0 Å². The number of carbonyl (C=O) groups is 2. The van der Waals surface area contributed by atoms with Crippen LogP contribution in [0.3, 0.4) is 0 Å². The van der Waals surface area contributed by atoms with E-state index in [0.29, 0.717) is 17.8 Å². The van der Waals surface area contributed by atoms with E-state index in [0.717, 1.165) is 17.3 Å². The molecule has 0 atom stereocenters. The molecule has 0 radical (unpaired) electrons. The molecule has 0 spiro atoms. The molecule has 0 bridgehead atoms. The number of hydrogen-bond donors (Lipinski definition) is 1. The first kappa shape index (κ1) is 13.4. The molecule has 2 heterocycles. The van der Waals surface area contributed by atoms with Crippen LogP contribution in [0.15, 0.2) is 41.5 Å². The van der Waals surface area contributed by atoms with Crippen molar-refractivity contribution in [2.24, 2.45) is 4.99 Å². The second kappa shape index (κ2) is 5.83. The van der Waals surface area contributed by atoms with E-state index in [1.807, 2.05) is 12.1 Å². The first-order valence-corrected chi connectivity index (χ1v) is 6.94. The van der Waals surface area contributed by atoms with Crippen LogP contribution >= 0.6 is 0 Å². The van der Waals surface area contributed by atoms with E-state index >= 15 is 0 Å². The van der Waals surface area contributed by atoms with Gasteiger partial charge in [0.25, 0.3) is 0 Å². The third-order valence-corrected chi connectivity index (χ3v) is 3.48. The Morgan fingerprint density at radius 2 is 2.05 bits per heavy atom. The van der Waals surface area contributed by atoms with Crippen molar-refractivity contribution < 1.29 is 9.59 Å². The second-order valence-corrected chi connectivity index (χ2v) is 4.98. The molecule has 0 fully saturated rings. The van der Waals surface area contributed by atoms with E-state index in [1.165, 1.54) is 0 Å². The fourth-order valence-corrected chi connectivity index (χ4v) is 2.30. The maximum atomic E-state index is 12.2. The van der Waals surface area contributed by atoms with Gasteiger partial charge in [0.15, 0.2) is 11.6 Å². The molecule has 5 heteroatoms. The average molecular weight is 281 g/mol. The summed E-state index contributed by atoms with van der Waals surface area (Å²) in [6, 6.07) is 5.38. The summed E-state index contributed by atoms with van der Waals surface area (Å²) in [6.45, 7) is 0.655. The normalized spacial score (nSPS) is 14.2. The highest BCUT2D eigenvalue weighted by atomic mass is 16.1. The van der Waals surface area contributed by atoms with Gasteiger partial charge in [-0.15, -0.1) is 0 Å². The van der Waals surface area contributed by atoms with Crippen LogP contribution in [-0.2, 0) is 4.79 Å². The summed E-state index contributed by atoms with van der Waals surface area (Å²) in [4.78, 5) is 28.3. The quantitative estimate of drug-likeness (QED) is 0.855. The summed E-state index contributed by atoms with van der Waals surface area (Å²) in [7, 11) is 0. The number of hydrogen-bond acceptors (Lipinski definition) is 4. The van der Waals surface area contributed by atoms with E-state index in [4.69, 9.17) is 0 Å². The van der Waals surface area contributed by atoms with Crippen LogP contribution < -0.4 is 0 Å². The lowest BCUT2D eigenvalue weighted by Gasteiger charge is -2.05. The number of dihydropyridines is 1. The third-order valence-electron chi connectivity index (χ3n) is 3.48. The number of aromatic nitrogens is 2. The van der Waals surface area contributed by atoms with Crippen LogP contribution in [0, 0.1) is 0 Å². The number of aliphatic imine (C=N–C) groups is 1. The molecule has 106 valence electrons. The number of allylic oxidation sites excluding steroid dienone is 1. The molecule has 0 saturated carbocycles. The van der Waals surface area contributed by atoms with Crippen molar-refractivity contribution in [2.75, 3.05) is 6.54 Å². The number of ketones is 2. The zero-order valence-electron chi connectivity index (χ0n) is 11.5. The molecule has 1 aromatic heterocycles. The maximum absolute atomic E-state index is 12.2. The monoisotopic (exact) mass is 281 g/mol. The molecule has 5 nitrogen and oxygen atoms in total. The highest BCUT2D eigenvalue weighted by molar-refractivity contribution is 6.44. The number of carbonyl (C=O) groups excluding carboxylic acids is 2. The van der Waals surface area contributed by atoms with Gasteiger partial charge in [-0.2, -0.15) is 5.10 Å². The Kier molecular flexibility index (Phi) is 3.73. The zero-order chi connectivity index (χ0) is 14.7. The van der Waals surface area contributed by atoms with Crippen molar-refractivity contribution >= 4 is 28.2 Å². The summed E-state index contributed by atoms with van der Waals surface area (Å²) in [5.41, 5.74) is 1.99. The van der Waals surface area contributed by atoms with Gasteiger partial charge in [-0.25, -0.2) is 0 Å². The summed E-state index contributed by atoms with van der Waals surface area (Å²) >= 11 is 0. The van der Waals surface area contributed by atoms with Gasteiger partial charge in [0.1, 0.15) is 5.71 Å². The summed E-state index contributed by atoms with van der Waals surface area (Å²) in [6.07, 6.45) is 6.64. The van der Waals surface area contributed by atoms with Crippen LogP contribution in [-0.4, -0.2) is 34.0 Å². The van der Waals surface area contributed by atoms with Crippen molar-refractivity contribution in [3.63, 3.8) is 0 Å². The first-order valence-electron chi connectivity index (χ1n) is 6.94. The minimum Gasteiger partial charge on any atom is -0.294 e. The lowest BCUT2D eigenvalue weighted by Crippen LogP contribution is -2.15. The Hall–Kier alpha value is -2.56. The molecule has 1 aromatic carbocycles. The fourth-order valence-electron chi connectivity index (χ4n) is 2.30. The number of aromatic amines is 1. The van der Waals surface area contributed by atoms with Crippen molar-refractivity contribution in [3.05, 3.63) is 42.1 Å². The average Bonchev–Trinajstić information content (AvgIpc) is 3.00. The maximum Gasteiger partial charge on any atom is 0.181 e. The van der Waals surface area contributed by atoms with E-state index in [9.17, 15) is 9.59 Å². The van der Waals surface area contributed by atoms with E-state index in [2.05, 4.69) is 15.2 Å². The van der Waals surface area contributed by atoms with Crippen LogP contribution in [0.25, 0.3) is 10.9 Å². The third kappa shape index (κ3) is 2.97. The summed E-state index contributed by atoms with van der Waals surface area (Å²) < 4.78 is 0. The minimum atomic E-state index is -0.0660. The van der Waals surface area contributed by atoms with Gasteiger partial charge in [0, 0.05) is 30.3 Å². The number of nitrogens with one attached hydrogen (secondary N) is 1. The van der Waals surface area contributed by atoms with Crippen LogP contribution in [0.4, 0.5) is 0 Å². The minimum absolute atomic E-state index is 0.0353. The SMILES string of the molecule is O=C(CCC(=O)c1ccc2[nH]ncc2c1)C1=NCCC=C1. The van der Waals surface area contributed by atoms with Crippen molar-refractivity contribution in [1.29, 1.82) is 0 Å². The van der Waals surface area contributed by atoms with E-state index in [-0.39, 0.29) is 24.4 Å². The molecular weight excluding hydrogens is 266 g/mol. The topological polar surface area (TPSA) is 75.2 Å². The van der Waals surface area contributed by atoms with E-state index in [1.54, 1.807) is 24.4 Å². The van der Waals surface area contributed by atoms with Crippen LogP contribution in [0.5, 0.6) is 0 Å². The smallest absolute Gasteiger partial charge is 0.181 e. The molecule has 0 unspecified atom stereocenters. The Balaban J connectivity index is 1.64. The van der Waals surface area contributed by atoms with Gasteiger partial charge in [0.2, 0.25) is 0 Å². The largest absolute Gasteiger partial charge is 0.294 e. The Morgan fingerprint density at radius 1 is 1.19 bits per heavy atom. The standard InChI is InChI=1S/C16H15N3O2/c20-15(6-7-16(21)14-3-1-2-8-17-14)11-4-5-13-12(9-11)10-18-19-13/h1,3-5,9-10H,2,6-8H2,(H,18,19). The lowest BCUT2D eigenvalue weighted by molar-refractivity contribution is -0.112. The molecule has 1 N–H and O–H groups in total. The molecule has 21 heavy (non-hydrogen) atoms. The lowest BCUT2D eigenvalue weighted by atomic mass is 10.0. The number of nitrogens with zero attached hydrogens (tertiary/aromatic N) is 2. The molecule has 1 aliphatic rings. The van der Waals surface area contributed by atoms with Gasteiger partial charge in [-0.05, 0) is 30.7 Å². The van der Waals surface area contributed by atoms with Crippen molar-refractivity contribution in [2.45, 2.75) is 19.3 Å². The zero-order valence-corrected chi connectivity index (χ0v) is 11.5. The predicted octanol–water partition coefficient (Wildman–Crippen LogP) is 2.50. The summed E-state index contributed by atoms with van der Waals surface area (Å²) in [5.74, 6) is -0.101. The van der Waals surface area contributed by atoms with Gasteiger partial charge >= 0.3 is 0 Å². The molecule has 0 amide bonds. The number of Topliss-reactive ketones (excluding diaryl/α,β-unsaturated/α-hetero) is 2. The molecule has 1 aliphatic heterocycles. The van der Waals surface area contributed by atoms with Gasteiger partial charge in [-0.1, -0.05) is 6.08 Å². The summed E-state index contributed by atoms with van der Waals surface area (Å²) in [5, 5.41) is 7.66. The second-order valence-electron chi connectivity index (χ2n) is 4.98. The first-order chi connectivity index (χ1) is 10.2. The molecular formula is C16H15N3O2. The highest BCUT2D eigenvalue weighted by Gasteiger charge is 2.14. The highest BCUT2D eigenvalue weighted by Crippen LogP contribution is 2.15. The van der Waals surface area contributed by atoms with Gasteiger partial charge in [-0.3, -0.25) is 19.7 Å². The number of benzene rings is 1. The van der Waals surface area contributed by atoms with Crippen molar-refractivity contribution in [3.8, 4) is 0 Å². The Labute approximate surface area is 121 Å². The van der Waals surface area contributed by atoms with Crippen LogP contribution in [0.1, 0.15) is 29.6 Å². The van der Waals surface area contributed by atoms with Crippen LogP contribution in [0.2, 0.25) is 0 Å². The number of H-pyrrole nitrogens is 1. The molecule has 3 rings (SSSR count). The Bertz CT molecular complexity index is 756. The number of rotatable bonds is 5. The molecule has 0 saturated heterocycles. The molecule has 0 aliphatic carbocycles.